The number of nitrogens with one attached hydrogen (secondary N) is 2. The number of H-pyrrole nitrogens is 1. The lowest BCUT2D eigenvalue weighted by molar-refractivity contribution is 0.0912. The predicted molar refractivity (Wildman–Crippen MR) is 117 cm³/mol. The largest absolute Gasteiger partial charge is 0.439 e. The number of aliphatic hydroxyl groups excluding tert-OH is 1. The maximum Gasteiger partial charge on any atom is 0.268 e. The average Bonchev–Trinajstić information content (AvgIpc) is 3.30. The van der Waals surface area contributed by atoms with Gasteiger partial charge < -0.3 is 20.1 Å². The van der Waals surface area contributed by atoms with Crippen molar-refractivity contribution in [2.45, 2.75) is 6.04 Å². The lowest BCUT2D eigenvalue weighted by atomic mass is 10.1. The topological polar surface area (TPSA) is 100 Å². The van der Waals surface area contributed by atoms with Crippen molar-refractivity contribution in [1.29, 1.82) is 0 Å². The number of rotatable bonds is 7. The van der Waals surface area contributed by atoms with E-state index in [0.717, 1.165) is 5.56 Å². The molecule has 0 aliphatic heterocycles. The maximum atomic E-state index is 12.7. The fourth-order valence-electron chi connectivity index (χ4n) is 3.00. The van der Waals surface area contributed by atoms with E-state index in [1.807, 2.05) is 30.3 Å². The number of hydrogen-bond acceptors (Lipinski definition) is 5. The highest BCUT2D eigenvalue weighted by Crippen LogP contribution is 2.24. The van der Waals surface area contributed by atoms with Gasteiger partial charge in [-0.2, -0.15) is 0 Å². The van der Waals surface area contributed by atoms with Crippen molar-refractivity contribution in [3.8, 4) is 22.9 Å². The molecule has 2 aromatic carbocycles. The lowest BCUT2D eigenvalue weighted by Gasteiger charge is -2.16. The molecule has 0 saturated carbocycles. The zero-order valence-corrected chi connectivity index (χ0v) is 17.1. The minimum Gasteiger partial charge on any atom is -0.439 e. The number of amides is 1. The van der Waals surface area contributed by atoms with E-state index in [-0.39, 0.29) is 12.5 Å². The first kappa shape index (κ1) is 20.6. The van der Waals surface area contributed by atoms with Crippen LogP contribution >= 0.6 is 11.6 Å². The summed E-state index contributed by atoms with van der Waals surface area (Å²) in [6, 6.07) is 19.1. The van der Waals surface area contributed by atoms with Crippen molar-refractivity contribution in [1.82, 2.24) is 20.3 Å². The Kier molecular flexibility index (Phi) is 6.26. The molecule has 156 valence electrons. The highest BCUT2D eigenvalue weighted by atomic mass is 35.5. The Bertz CT molecular complexity index is 1160. The number of halogens is 1. The van der Waals surface area contributed by atoms with E-state index in [1.54, 1.807) is 42.6 Å². The summed E-state index contributed by atoms with van der Waals surface area (Å²) in [5.74, 6) is 0.708. The summed E-state index contributed by atoms with van der Waals surface area (Å²) in [4.78, 5) is 24.0. The van der Waals surface area contributed by atoms with Crippen LogP contribution in [0.2, 0.25) is 5.02 Å². The van der Waals surface area contributed by atoms with Gasteiger partial charge in [-0.25, -0.2) is 9.97 Å². The molecule has 8 heteroatoms. The van der Waals surface area contributed by atoms with Gasteiger partial charge in [-0.05, 0) is 35.9 Å². The monoisotopic (exact) mass is 434 g/mol. The van der Waals surface area contributed by atoms with Gasteiger partial charge in [0.2, 0.25) is 5.88 Å². The van der Waals surface area contributed by atoms with E-state index in [0.29, 0.717) is 33.6 Å². The van der Waals surface area contributed by atoms with Crippen LogP contribution < -0.4 is 10.1 Å². The highest BCUT2D eigenvalue weighted by molar-refractivity contribution is 6.30. The van der Waals surface area contributed by atoms with E-state index in [2.05, 4.69) is 20.3 Å². The van der Waals surface area contributed by atoms with Crippen LogP contribution in [-0.2, 0) is 0 Å². The van der Waals surface area contributed by atoms with Crippen molar-refractivity contribution in [2.24, 2.45) is 0 Å². The van der Waals surface area contributed by atoms with Crippen molar-refractivity contribution in [3.05, 3.63) is 95.5 Å². The second-order valence-corrected chi connectivity index (χ2v) is 7.16. The normalized spacial score (nSPS) is 11.7. The first-order valence-electron chi connectivity index (χ1n) is 9.53. The fraction of sp³-hybridized carbons (Fsp3) is 0.0870. The van der Waals surface area contributed by atoms with Gasteiger partial charge in [0, 0.05) is 22.8 Å². The van der Waals surface area contributed by atoms with E-state index < -0.39 is 6.04 Å². The smallest absolute Gasteiger partial charge is 0.268 e. The van der Waals surface area contributed by atoms with Crippen LogP contribution in [0, 0.1) is 0 Å². The fourth-order valence-corrected chi connectivity index (χ4v) is 3.13. The molecule has 0 aliphatic rings. The SMILES string of the molecule is O=C(N[C@@H](CO)c1ccc(Cl)cc1)c1cc(-c2cc(Oc3ccccc3)ncn2)c[nH]1. The third-order valence-electron chi connectivity index (χ3n) is 4.59. The maximum absolute atomic E-state index is 12.7. The first-order chi connectivity index (χ1) is 15.1. The predicted octanol–water partition coefficient (Wildman–Crippen LogP) is 4.38. The summed E-state index contributed by atoms with van der Waals surface area (Å²) >= 11 is 5.90. The molecule has 7 nitrogen and oxygen atoms in total. The Labute approximate surface area is 183 Å². The molecule has 4 aromatic rings. The molecule has 1 amide bonds. The van der Waals surface area contributed by atoms with Crippen LogP contribution in [0.4, 0.5) is 0 Å². The Morgan fingerprint density at radius 3 is 2.61 bits per heavy atom. The third kappa shape index (κ3) is 5.09. The number of carbonyl (C=O) groups is 1. The summed E-state index contributed by atoms with van der Waals surface area (Å²) in [5, 5.41) is 13.1. The van der Waals surface area contributed by atoms with E-state index >= 15 is 0 Å². The standard InChI is InChI=1S/C23H19ClN4O3/c24-17-8-6-15(7-9-17)21(13-29)28-23(30)20-10-16(12-25-20)19-11-22(27-14-26-19)31-18-4-2-1-3-5-18/h1-12,14,21,25,29H,13H2,(H,28,30)/t21-/m0/s1. The molecule has 4 rings (SSSR count). The number of aliphatic hydroxyl groups is 1. The van der Waals surface area contributed by atoms with Gasteiger partial charge in [0.05, 0.1) is 18.3 Å². The molecule has 0 aliphatic carbocycles. The number of carbonyl (C=O) groups excluding carboxylic acids is 1. The Morgan fingerprint density at radius 1 is 1.10 bits per heavy atom. The van der Waals surface area contributed by atoms with Gasteiger partial charge in [0.1, 0.15) is 17.8 Å². The van der Waals surface area contributed by atoms with Crippen molar-refractivity contribution >= 4 is 17.5 Å². The Morgan fingerprint density at radius 2 is 1.87 bits per heavy atom. The summed E-state index contributed by atoms with van der Waals surface area (Å²) in [6.45, 7) is -0.243. The molecule has 0 spiro atoms. The van der Waals surface area contributed by atoms with Gasteiger partial charge >= 0.3 is 0 Å². The zero-order valence-electron chi connectivity index (χ0n) is 16.3. The van der Waals surface area contributed by atoms with Gasteiger partial charge in [-0.15, -0.1) is 0 Å². The van der Waals surface area contributed by atoms with Crippen LogP contribution in [-0.4, -0.2) is 32.6 Å². The Balaban J connectivity index is 1.48. The molecule has 2 aromatic heterocycles. The quantitative estimate of drug-likeness (QED) is 0.400. The molecule has 0 radical (unpaired) electrons. The molecule has 1 atom stereocenters. The molecule has 2 heterocycles. The van der Waals surface area contributed by atoms with Gasteiger partial charge in [-0.1, -0.05) is 41.9 Å². The van der Waals surface area contributed by atoms with Crippen LogP contribution in [0.5, 0.6) is 11.6 Å². The van der Waals surface area contributed by atoms with Gasteiger partial charge in [0.25, 0.3) is 5.91 Å². The molecule has 0 bridgehead atoms. The lowest BCUT2D eigenvalue weighted by Crippen LogP contribution is -2.30. The molecule has 3 N–H and O–H groups in total. The second kappa shape index (κ2) is 9.42. The number of para-hydroxylation sites is 1. The zero-order chi connectivity index (χ0) is 21.6. The highest BCUT2D eigenvalue weighted by Gasteiger charge is 2.17. The van der Waals surface area contributed by atoms with Crippen molar-refractivity contribution in [3.63, 3.8) is 0 Å². The van der Waals surface area contributed by atoms with Crippen LogP contribution in [0.1, 0.15) is 22.1 Å². The number of aromatic amines is 1. The summed E-state index contributed by atoms with van der Waals surface area (Å²) in [7, 11) is 0. The number of hydrogen-bond donors (Lipinski definition) is 3. The summed E-state index contributed by atoms with van der Waals surface area (Å²) in [6.07, 6.45) is 3.09. The van der Waals surface area contributed by atoms with E-state index in [4.69, 9.17) is 16.3 Å². The average molecular weight is 435 g/mol. The Hall–Kier alpha value is -3.68. The number of aromatic nitrogens is 3. The van der Waals surface area contributed by atoms with Gasteiger partial charge in [0.15, 0.2) is 0 Å². The molecule has 0 fully saturated rings. The molecular formula is C23H19ClN4O3. The number of benzene rings is 2. The van der Waals surface area contributed by atoms with E-state index in [9.17, 15) is 9.90 Å². The minimum atomic E-state index is -0.554. The van der Waals surface area contributed by atoms with E-state index in [1.165, 1.54) is 6.33 Å². The van der Waals surface area contributed by atoms with Crippen molar-refractivity contribution < 1.29 is 14.6 Å². The van der Waals surface area contributed by atoms with Crippen LogP contribution in [0.15, 0.2) is 79.3 Å². The van der Waals surface area contributed by atoms with Crippen LogP contribution in [0.25, 0.3) is 11.3 Å². The first-order valence-corrected chi connectivity index (χ1v) is 9.91. The summed E-state index contributed by atoms with van der Waals surface area (Å²) < 4.78 is 5.74. The van der Waals surface area contributed by atoms with Gasteiger partial charge in [-0.3, -0.25) is 4.79 Å². The molecular weight excluding hydrogens is 416 g/mol. The number of nitrogens with zero attached hydrogens (tertiary/aromatic N) is 2. The second-order valence-electron chi connectivity index (χ2n) is 6.72. The van der Waals surface area contributed by atoms with Crippen LogP contribution in [0.3, 0.4) is 0 Å². The molecule has 0 unspecified atom stereocenters. The number of ether oxygens (including phenoxy) is 1. The summed E-state index contributed by atoms with van der Waals surface area (Å²) in [5.41, 5.74) is 2.40. The third-order valence-corrected chi connectivity index (χ3v) is 4.84. The van der Waals surface area contributed by atoms with Crippen molar-refractivity contribution in [2.75, 3.05) is 6.61 Å². The molecule has 0 saturated heterocycles. The minimum absolute atomic E-state index is 0.243. The molecule has 31 heavy (non-hydrogen) atoms.